The number of amides is 1. The summed E-state index contributed by atoms with van der Waals surface area (Å²) in [6.07, 6.45) is -0.846. The number of hydrogen-bond acceptors (Lipinski definition) is 1. The van der Waals surface area contributed by atoms with Gasteiger partial charge in [-0.25, -0.2) is 0 Å². The van der Waals surface area contributed by atoms with Crippen LogP contribution in [0.3, 0.4) is 0 Å². The topological polar surface area (TPSA) is 29.1 Å². The van der Waals surface area contributed by atoms with Gasteiger partial charge in [0.25, 0.3) is 0 Å². The Labute approximate surface area is 115 Å². The number of nitrogens with one attached hydrogen (secondary N) is 1. The van der Waals surface area contributed by atoms with Crippen LogP contribution in [0.5, 0.6) is 0 Å². The van der Waals surface area contributed by atoms with Gasteiger partial charge in [0.15, 0.2) is 0 Å². The number of carbonyl (C=O) groups excluding carboxylic acids is 1. The fourth-order valence-corrected chi connectivity index (χ4v) is 2.75. The zero-order valence-electron chi connectivity index (χ0n) is 10.9. The van der Waals surface area contributed by atoms with Crippen molar-refractivity contribution in [3.63, 3.8) is 0 Å². The Hall–Kier alpha value is -1.52. The van der Waals surface area contributed by atoms with Crippen molar-refractivity contribution in [2.75, 3.05) is 0 Å². The van der Waals surface area contributed by atoms with Crippen LogP contribution in [0.25, 0.3) is 0 Å². The van der Waals surface area contributed by atoms with Crippen LogP contribution in [0.1, 0.15) is 42.7 Å². The molecule has 0 spiro atoms. The lowest BCUT2D eigenvalue weighted by molar-refractivity contribution is -0.138. The van der Waals surface area contributed by atoms with E-state index in [0.29, 0.717) is 12.0 Å². The monoisotopic (exact) mass is 283 g/mol. The first-order valence-corrected chi connectivity index (χ1v) is 6.93. The standard InChI is InChI=1S/C15H16F3NO/c16-15(17,18)12-7-2-1-6-10(12)11-8-13(11)19-14(20)9-4-3-5-9/h1-2,6-7,9,11,13H,3-5,8H2,(H,19,20). The van der Waals surface area contributed by atoms with Crippen molar-refractivity contribution in [1.29, 1.82) is 0 Å². The summed E-state index contributed by atoms with van der Waals surface area (Å²) in [5.74, 6) is -0.112. The summed E-state index contributed by atoms with van der Waals surface area (Å²) in [5.41, 5.74) is -0.274. The van der Waals surface area contributed by atoms with Crippen molar-refractivity contribution in [1.82, 2.24) is 5.32 Å². The largest absolute Gasteiger partial charge is 0.416 e. The highest BCUT2D eigenvalue weighted by Crippen LogP contribution is 2.46. The second-order valence-corrected chi connectivity index (χ2v) is 5.67. The molecule has 2 aliphatic rings. The van der Waals surface area contributed by atoms with Gasteiger partial charge in [-0.2, -0.15) is 13.2 Å². The van der Waals surface area contributed by atoms with Crippen LogP contribution in [0, 0.1) is 5.92 Å². The Morgan fingerprint density at radius 3 is 2.50 bits per heavy atom. The number of rotatable bonds is 3. The molecule has 1 aromatic carbocycles. The molecule has 1 N–H and O–H groups in total. The van der Waals surface area contributed by atoms with E-state index in [0.717, 1.165) is 25.3 Å². The van der Waals surface area contributed by atoms with Gasteiger partial charge in [-0.1, -0.05) is 24.6 Å². The molecule has 2 fully saturated rings. The van der Waals surface area contributed by atoms with Crippen LogP contribution < -0.4 is 5.32 Å². The van der Waals surface area contributed by atoms with Gasteiger partial charge in [0.05, 0.1) is 5.56 Å². The minimum Gasteiger partial charge on any atom is -0.352 e. The van der Waals surface area contributed by atoms with E-state index in [1.165, 1.54) is 12.1 Å². The minimum absolute atomic E-state index is 0.00763. The summed E-state index contributed by atoms with van der Waals surface area (Å²) in [7, 11) is 0. The average Bonchev–Trinajstić information content (AvgIpc) is 3.04. The summed E-state index contributed by atoms with van der Waals surface area (Å²) >= 11 is 0. The third-order valence-corrected chi connectivity index (χ3v) is 4.26. The predicted octanol–water partition coefficient (Wildman–Crippen LogP) is 3.48. The molecule has 20 heavy (non-hydrogen) atoms. The summed E-state index contributed by atoms with van der Waals surface area (Å²) in [6.45, 7) is 0. The maximum absolute atomic E-state index is 12.9. The smallest absolute Gasteiger partial charge is 0.352 e. The van der Waals surface area contributed by atoms with Gasteiger partial charge in [-0.05, 0) is 30.9 Å². The molecule has 0 aromatic heterocycles. The van der Waals surface area contributed by atoms with Crippen LogP contribution in [0.4, 0.5) is 13.2 Å². The molecule has 1 amide bonds. The molecule has 108 valence electrons. The molecule has 0 saturated heterocycles. The van der Waals surface area contributed by atoms with Crippen molar-refractivity contribution >= 4 is 5.91 Å². The van der Waals surface area contributed by atoms with E-state index >= 15 is 0 Å². The molecule has 2 aliphatic carbocycles. The molecule has 0 aliphatic heterocycles. The molecule has 0 bridgehead atoms. The molecule has 2 nitrogen and oxygen atoms in total. The maximum Gasteiger partial charge on any atom is 0.416 e. The van der Waals surface area contributed by atoms with Gasteiger partial charge in [0, 0.05) is 17.9 Å². The quantitative estimate of drug-likeness (QED) is 0.904. The highest BCUT2D eigenvalue weighted by molar-refractivity contribution is 5.80. The van der Waals surface area contributed by atoms with Gasteiger partial charge in [-0.15, -0.1) is 0 Å². The molecule has 5 heteroatoms. The van der Waals surface area contributed by atoms with Gasteiger partial charge >= 0.3 is 6.18 Å². The Morgan fingerprint density at radius 1 is 1.20 bits per heavy atom. The van der Waals surface area contributed by atoms with Crippen LogP contribution in [0.15, 0.2) is 24.3 Å². The van der Waals surface area contributed by atoms with E-state index in [4.69, 9.17) is 0 Å². The molecule has 2 unspecified atom stereocenters. The lowest BCUT2D eigenvalue weighted by Crippen LogP contribution is -2.36. The van der Waals surface area contributed by atoms with Gasteiger partial charge in [0.1, 0.15) is 0 Å². The molecule has 3 rings (SSSR count). The first-order chi connectivity index (χ1) is 9.47. The molecular weight excluding hydrogens is 267 g/mol. The highest BCUT2D eigenvalue weighted by atomic mass is 19.4. The fourth-order valence-electron chi connectivity index (χ4n) is 2.75. The second-order valence-electron chi connectivity index (χ2n) is 5.67. The Morgan fingerprint density at radius 2 is 1.90 bits per heavy atom. The second kappa shape index (κ2) is 4.79. The summed E-state index contributed by atoms with van der Waals surface area (Å²) < 4.78 is 38.8. The van der Waals surface area contributed by atoms with Crippen molar-refractivity contribution in [2.24, 2.45) is 5.92 Å². The van der Waals surface area contributed by atoms with Crippen molar-refractivity contribution in [3.8, 4) is 0 Å². The van der Waals surface area contributed by atoms with E-state index in [2.05, 4.69) is 5.32 Å². The zero-order valence-corrected chi connectivity index (χ0v) is 10.9. The van der Waals surface area contributed by atoms with Crippen LogP contribution in [-0.4, -0.2) is 11.9 Å². The highest BCUT2D eigenvalue weighted by Gasteiger charge is 2.45. The van der Waals surface area contributed by atoms with Gasteiger partial charge in [0.2, 0.25) is 5.91 Å². The van der Waals surface area contributed by atoms with Crippen LogP contribution in [-0.2, 0) is 11.0 Å². The predicted molar refractivity (Wildman–Crippen MR) is 68.1 cm³/mol. The molecule has 0 heterocycles. The lowest BCUT2D eigenvalue weighted by Gasteiger charge is -2.24. The van der Waals surface area contributed by atoms with Crippen molar-refractivity contribution < 1.29 is 18.0 Å². The number of hydrogen-bond donors (Lipinski definition) is 1. The van der Waals surface area contributed by atoms with E-state index in [1.807, 2.05) is 0 Å². The summed E-state index contributed by atoms with van der Waals surface area (Å²) in [6, 6.07) is 5.51. The zero-order chi connectivity index (χ0) is 14.3. The lowest BCUT2D eigenvalue weighted by atomic mass is 9.85. The Kier molecular flexibility index (Phi) is 3.22. The van der Waals surface area contributed by atoms with E-state index in [9.17, 15) is 18.0 Å². The minimum atomic E-state index is -4.33. The molecule has 2 saturated carbocycles. The average molecular weight is 283 g/mol. The maximum atomic E-state index is 12.9. The van der Waals surface area contributed by atoms with E-state index in [-0.39, 0.29) is 23.8 Å². The summed E-state index contributed by atoms with van der Waals surface area (Å²) in [4.78, 5) is 11.8. The van der Waals surface area contributed by atoms with Crippen LogP contribution in [0.2, 0.25) is 0 Å². The van der Waals surface area contributed by atoms with Gasteiger partial charge in [-0.3, -0.25) is 4.79 Å². The van der Waals surface area contributed by atoms with Gasteiger partial charge < -0.3 is 5.32 Å². The SMILES string of the molecule is O=C(NC1CC1c1ccccc1C(F)(F)F)C1CCC1. The molecule has 2 atom stereocenters. The normalized spacial score (nSPS) is 25.9. The van der Waals surface area contributed by atoms with E-state index in [1.54, 1.807) is 6.07 Å². The Balaban J connectivity index is 1.68. The third-order valence-electron chi connectivity index (χ3n) is 4.26. The fraction of sp³-hybridized carbons (Fsp3) is 0.533. The van der Waals surface area contributed by atoms with Crippen molar-refractivity contribution in [2.45, 2.75) is 43.8 Å². The number of benzene rings is 1. The molecule has 0 radical (unpaired) electrons. The Bertz CT molecular complexity index is 522. The first kappa shape index (κ1) is 13.5. The third kappa shape index (κ3) is 2.53. The van der Waals surface area contributed by atoms with Crippen LogP contribution >= 0.6 is 0 Å². The number of halogens is 3. The van der Waals surface area contributed by atoms with E-state index < -0.39 is 11.7 Å². The number of carbonyl (C=O) groups is 1. The molecule has 1 aromatic rings. The first-order valence-electron chi connectivity index (χ1n) is 6.93. The molecular formula is C15H16F3NO. The van der Waals surface area contributed by atoms with Crippen molar-refractivity contribution in [3.05, 3.63) is 35.4 Å². The number of alkyl halides is 3. The summed E-state index contributed by atoms with van der Waals surface area (Å²) in [5, 5.41) is 2.88.